The first-order valence-electron chi connectivity index (χ1n) is 13.0. The SMILES string of the molecule is CCOC(=O)C1CCC(O)(c2ncc(-c3cc(C)cc(Nc4nccc(C)n4)c3)s2)CC1c1ccc(F)cc1. The van der Waals surface area contributed by atoms with E-state index in [1.165, 1.54) is 23.5 Å². The Morgan fingerprint density at radius 3 is 2.72 bits per heavy atom. The molecule has 2 heterocycles. The van der Waals surface area contributed by atoms with E-state index in [1.54, 1.807) is 31.5 Å². The van der Waals surface area contributed by atoms with E-state index in [4.69, 9.17) is 4.74 Å². The molecule has 2 aromatic carbocycles. The van der Waals surface area contributed by atoms with Gasteiger partial charge >= 0.3 is 5.97 Å². The maximum Gasteiger partial charge on any atom is 0.309 e. The number of benzene rings is 2. The van der Waals surface area contributed by atoms with E-state index in [0.717, 1.165) is 32.9 Å². The Morgan fingerprint density at radius 2 is 1.97 bits per heavy atom. The molecule has 2 aromatic heterocycles. The number of aryl methyl sites for hydroxylation is 2. The van der Waals surface area contributed by atoms with Crippen molar-refractivity contribution in [2.75, 3.05) is 11.9 Å². The van der Waals surface area contributed by atoms with Crippen LogP contribution in [0.5, 0.6) is 0 Å². The lowest BCUT2D eigenvalue weighted by molar-refractivity contribution is -0.152. The standard InChI is InChI=1S/C30H31FN4O3S/c1-4-38-27(36)24-9-11-30(37,16-25(24)20-5-7-22(31)8-6-20)28-33-17-26(39-28)21-13-18(2)14-23(15-21)35-29-32-12-10-19(3)34-29/h5-8,10,12-15,17,24-25,37H,4,9,11,16H2,1-3H3,(H,32,34,35). The van der Waals surface area contributed by atoms with Crippen molar-refractivity contribution in [3.05, 3.63) is 88.6 Å². The van der Waals surface area contributed by atoms with Gasteiger partial charge in [0.05, 0.1) is 17.4 Å². The van der Waals surface area contributed by atoms with Crippen molar-refractivity contribution in [1.82, 2.24) is 15.0 Å². The zero-order valence-electron chi connectivity index (χ0n) is 22.1. The first-order valence-corrected chi connectivity index (χ1v) is 13.9. The average molecular weight is 547 g/mol. The minimum atomic E-state index is -1.22. The number of esters is 1. The number of aromatic nitrogens is 3. The predicted octanol–water partition coefficient (Wildman–Crippen LogP) is 6.43. The summed E-state index contributed by atoms with van der Waals surface area (Å²) >= 11 is 1.44. The lowest BCUT2D eigenvalue weighted by atomic mass is 9.69. The number of aliphatic hydroxyl groups is 1. The quantitative estimate of drug-likeness (QED) is 0.258. The van der Waals surface area contributed by atoms with Crippen LogP contribution in [0.4, 0.5) is 16.0 Å². The summed E-state index contributed by atoms with van der Waals surface area (Å²) in [5, 5.41) is 15.7. The molecule has 3 atom stereocenters. The van der Waals surface area contributed by atoms with Crippen LogP contribution in [0.25, 0.3) is 10.4 Å². The molecule has 1 saturated carbocycles. The van der Waals surface area contributed by atoms with Crippen LogP contribution in [0.3, 0.4) is 0 Å². The second-order valence-electron chi connectivity index (χ2n) is 10.1. The highest BCUT2D eigenvalue weighted by molar-refractivity contribution is 7.15. The molecule has 0 radical (unpaired) electrons. The minimum Gasteiger partial charge on any atom is -0.466 e. The van der Waals surface area contributed by atoms with Crippen LogP contribution in [0.15, 0.2) is 60.9 Å². The van der Waals surface area contributed by atoms with Gasteiger partial charge in [-0.25, -0.2) is 19.3 Å². The van der Waals surface area contributed by atoms with Crippen molar-refractivity contribution in [2.24, 2.45) is 5.92 Å². The fourth-order valence-electron chi connectivity index (χ4n) is 5.25. The largest absolute Gasteiger partial charge is 0.466 e. The van der Waals surface area contributed by atoms with E-state index in [2.05, 4.69) is 26.3 Å². The molecule has 0 aliphatic heterocycles. The number of anilines is 2. The molecule has 0 saturated heterocycles. The van der Waals surface area contributed by atoms with Crippen LogP contribution in [0.2, 0.25) is 0 Å². The monoisotopic (exact) mass is 546 g/mol. The maximum absolute atomic E-state index is 13.6. The number of rotatable bonds is 7. The minimum absolute atomic E-state index is 0.286. The Bertz CT molecular complexity index is 1480. The van der Waals surface area contributed by atoms with E-state index in [-0.39, 0.29) is 24.3 Å². The molecule has 7 nitrogen and oxygen atoms in total. The number of carbonyl (C=O) groups is 1. The van der Waals surface area contributed by atoms with Gasteiger partial charge in [-0.3, -0.25) is 4.79 Å². The molecule has 0 bridgehead atoms. The number of nitrogens with one attached hydrogen (secondary N) is 1. The highest BCUT2D eigenvalue weighted by Gasteiger charge is 2.46. The number of hydrogen-bond acceptors (Lipinski definition) is 8. The molecule has 39 heavy (non-hydrogen) atoms. The van der Waals surface area contributed by atoms with Gasteiger partial charge < -0.3 is 15.2 Å². The van der Waals surface area contributed by atoms with Crippen LogP contribution < -0.4 is 5.32 Å². The Balaban J connectivity index is 1.42. The molecule has 202 valence electrons. The highest BCUT2D eigenvalue weighted by Crippen LogP contribution is 2.49. The van der Waals surface area contributed by atoms with Gasteiger partial charge in [-0.15, -0.1) is 11.3 Å². The summed E-state index contributed by atoms with van der Waals surface area (Å²) in [5.41, 5.74) is 3.34. The molecule has 2 N–H and O–H groups in total. The molecule has 5 rings (SSSR count). The smallest absolute Gasteiger partial charge is 0.309 e. The third-order valence-corrected chi connectivity index (χ3v) is 8.36. The lowest BCUT2D eigenvalue weighted by Crippen LogP contribution is -2.39. The van der Waals surface area contributed by atoms with Gasteiger partial charge in [-0.05, 0) is 87.1 Å². The summed E-state index contributed by atoms with van der Waals surface area (Å²) in [5.74, 6) is -0.839. The zero-order chi connectivity index (χ0) is 27.6. The molecular weight excluding hydrogens is 515 g/mol. The molecule has 1 aliphatic rings. The van der Waals surface area contributed by atoms with E-state index in [0.29, 0.717) is 30.2 Å². The average Bonchev–Trinajstić information content (AvgIpc) is 3.41. The number of halogens is 1. The summed E-state index contributed by atoms with van der Waals surface area (Å²) in [6.45, 7) is 6.00. The molecule has 0 spiro atoms. The Morgan fingerprint density at radius 1 is 1.18 bits per heavy atom. The Labute approximate surface area is 231 Å². The summed E-state index contributed by atoms with van der Waals surface area (Å²) < 4.78 is 19.0. The highest BCUT2D eigenvalue weighted by atomic mass is 32.1. The summed E-state index contributed by atoms with van der Waals surface area (Å²) in [6.07, 6.45) is 4.62. The fourth-order valence-corrected chi connectivity index (χ4v) is 6.28. The molecule has 4 aromatic rings. The molecular formula is C30H31FN4O3S. The van der Waals surface area contributed by atoms with Crippen molar-refractivity contribution in [1.29, 1.82) is 0 Å². The lowest BCUT2D eigenvalue weighted by Gasteiger charge is -2.39. The maximum atomic E-state index is 13.6. The number of nitrogens with zero attached hydrogens (tertiary/aromatic N) is 3. The van der Waals surface area contributed by atoms with Crippen molar-refractivity contribution in [2.45, 2.75) is 51.6 Å². The van der Waals surface area contributed by atoms with Crippen LogP contribution >= 0.6 is 11.3 Å². The van der Waals surface area contributed by atoms with Gasteiger partial charge in [-0.1, -0.05) is 18.2 Å². The van der Waals surface area contributed by atoms with E-state index < -0.39 is 11.5 Å². The second-order valence-corrected chi connectivity index (χ2v) is 11.1. The molecule has 3 unspecified atom stereocenters. The van der Waals surface area contributed by atoms with Crippen molar-refractivity contribution >= 4 is 28.9 Å². The zero-order valence-corrected chi connectivity index (χ0v) is 23.0. The number of thiazole rings is 1. The Kier molecular flexibility index (Phi) is 7.72. The van der Waals surface area contributed by atoms with Crippen LogP contribution in [0.1, 0.15) is 53.9 Å². The van der Waals surface area contributed by atoms with Gasteiger partial charge in [0, 0.05) is 29.7 Å². The van der Waals surface area contributed by atoms with Crippen molar-refractivity contribution in [3.8, 4) is 10.4 Å². The number of ether oxygens (including phenoxy) is 1. The molecule has 9 heteroatoms. The summed E-state index contributed by atoms with van der Waals surface area (Å²) in [6, 6.07) is 14.1. The second kappa shape index (κ2) is 11.2. The number of carbonyl (C=O) groups excluding carboxylic acids is 1. The third kappa shape index (κ3) is 5.99. The third-order valence-electron chi connectivity index (χ3n) is 7.12. The van der Waals surface area contributed by atoms with E-state index >= 15 is 0 Å². The first-order chi connectivity index (χ1) is 18.7. The van der Waals surface area contributed by atoms with Crippen LogP contribution in [-0.2, 0) is 15.1 Å². The first kappa shape index (κ1) is 26.9. The predicted molar refractivity (Wildman–Crippen MR) is 149 cm³/mol. The summed E-state index contributed by atoms with van der Waals surface area (Å²) in [4.78, 5) is 27.1. The van der Waals surface area contributed by atoms with Crippen molar-refractivity contribution in [3.63, 3.8) is 0 Å². The Hall–Kier alpha value is -3.69. The van der Waals surface area contributed by atoms with Gasteiger partial charge in [0.15, 0.2) is 0 Å². The van der Waals surface area contributed by atoms with Gasteiger partial charge in [-0.2, -0.15) is 0 Å². The van der Waals surface area contributed by atoms with Gasteiger partial charge in [0.1, 0.15) is 16.4 Å². The van der Waals surface area contributed by atoms with Crippen LogP contribution in [0, 0.1) is 25.6 Å². The topological polar surface area (TPSA) is 97.2 Å². The summed E-state index contributed by atoms with van der Waals surface area (Å²) in [7, 11) is 0. The van der Waals surface area contributed by atoms with E-state index in [1.807, 2.05) is 32.0 Å². The van der Waals surface area contributed by atoms with Crippen molar-refractivity contribution < 1.29 is 19.0 Å². The molecule has 1 aliphatic carbocycles. The fraction of sp³-hybridized carbons (Fsp3) is 0.333. The normalized spacial score (nSPS) is 20.9. The molecule has 0 amide bonds. The number of hydrogen-bond donors (Lipinski definition) is 2. The van der Waals surface area contributed by atoms with Crippen LogP contribution in [-0.4, -0.2) is 32.6 Å². The van der Waals surface area contributed by atoms with E-state index in [9.17, 15) is 14.3 Å². The molecule has 1 fully saturated rings. The van der Waals surface area contributed by atoms with Gasteiger partial charge in [0.2, 0.25) is 5.95 Å². The van der Waals surface area contributed by atoms with Gasteiger partial charge in [0.25, 0.3) is 0 Å².